The highest BCUT2D eigenvalue weighted by atomic mass is 16.5. The summed E-state index contributed by atoms with van der Waals surface area (Å²) in [5.74, 6) is 0. The molecule has 0 heterocycles. The number of hydrogen-bond donors (Lipinski definition) is 1. The maximum absolute atomic E-state index is 5.25. The van der Waals surface area contributed by atoms with E-state index in [1.54, 1.807) is 7.11 Å². The smallest absolute Gasteiger partial charge is 0.0589 e. The topological polar surface area (TPSA) is 24.5 Å². The van der Waals surface area contributed by atoms with Crippen LogP contribution in [0.15, 0.2) is 0 Å². The van der Waals surface area contributed by atoms with Gasteiger partial charge in [-0.05, 0) is 25.8 Å². The Morgan fingerprint density at radius 3 is 2.22 bits per heavy atom. The van der Waals surface area contributed by atoms with Gasteiger partial charge in [0.15, 0.2) is 0 Å². The first-order valence-corrected chi connectivity index (χ1v) is 7.69. The van der Waals surface area contributed by atoms with E-state index < -0.39 is 0 Å². The number of nitrogens with zero attached hydrogens (tertiary/aromatic N) is 1. The van der Waals surface area contributed by atoms with Gasteiger partial charge in [-0.2, -0.15) is 0 Å². The van der Waals surface area contributed by atoms with E-state index in [1.807, 2.05) is 0 Å². The fourth-order valence-corrected chi connectivity index (χ4v) is 2.61. The van der Waals surface area contributed by atoms with Crippen molar-refractivity contribution in [3.05, 3.63) is 0 Å². The van der Waals surface area contributed by atoms with Crippen molar-refractivity contribution < 1.29 is 4.74 Å². The minimum absolute atomic E-state index is 0.623. The van der Waals surface area contributed by atoms with Crippen LogP contribution in [-0.2, 0) is 4.74 Å². The number of hydrogen-bond acceptors (Lipinski definition) is 3. The monoisotopic (exact) mass is 258 g/mol. The summed E-state index contributed by atoms with van der Waals surface area (Å²) >= 11 is 0. The highest BCUT2D eigenvalue weighted by molar-refractivity contribution is 4.76. The number of nitrogens with one attached hydrogen (secondary N) is 1. The summed E-state index contributed by atoms with van der Waals surface area (Å²) in [5.41, 5.74) is 0. The standard InChI is InChI=1S/C15H34N2O/c1-6-10-14(16-9-4)13-17(11-12-18-5)15(7-2)8-3/h14-16H,6-13H2,1-5H3. The van der Waals surface area contributed by atoms with Crippen molar-refractivity contribution in [2.45, 2.75) is 65.5 Å². The summed E-state index contributed by atoms with van der Waals surface area (Å²) in [5, 5.41) is 3.61. The van der Waals surface area contributed by atoms with E-state index in [4.69, 9.17) is 4.74 Å². The average Bonchev–Trinajstić information content (AvgIpc) is 2.37. The summed E-state index contributed by atoms with van der Waals surface area (Å²) in [6.07, 6.45) is 4.96. The molecule has 0 aliphatic heterocycles. The second-order valence-corrected chi connectivity index (χ2v) is 5.00. The lowest BCUT2D eigenvalue weighted by Gasteiger charge is -2.33. The van der Waals surface area contributed by atoms with E-state index in [1.165, 1.54) is 25.7 Å². The van der Waals surface area contributed by atoms with Crippen LogP contribution in [0.1, 0.15) is 53.4 Å². The van der Waals surface area contributed by atoms with Crippen molar-refractivity contribution in [1.82, 2.24) is 10.2 Å². The molecule has 0 bridgehead atoms. The molecule has 18 heavy (non-hydrogen) atoms. The zero-order valence-electron chi connectivity index (χ0n) is 13.2. The molecule has 0 aromatic rings. The minimum atomic E-state index is 0.623. The largest absolute Gasteiger partial charge is 0.383 e. The highest BCUT2D eigenvalue weighted by Gasteiger charge is 2.18. The van der Waals surface area contributed by atoms with Crippen molar-refractivity contribution >= 4 is 0 Å². The second-order valence-electron chi connectivity index (χ2n) is 5.00. The van der Waals surface area contributed by atoms with Crippen molar-refractivity contribution in [3.63, 3.8) is 0 Å². The molecule has 0 spiro atoms. The Hall–Kier alpha value is -0.120. The fourth-order valence-electron chi connectivity index (χ4n) is 2.61. The molecule has 110 valence electrons. The predicted molar refractivity (Wildman–Crippen MR) is 80.2 cm³/mol. The Labute approximate surface area is 114 Å². The molecule has 1 N–H and O–H groups in total. The van der Waals surface area contributed by atoms with Gasteiger partial charge in [0.05, 0.1) is 6.61 Å². The van der Waals surface area contributed by atoms with Gasteiger partial charge in [0.25, 0.3) is 0 Å². The Morgan fingerprint density at radius 1 is 1.11 bits per heavy atom. The summed E-state index contributed by atoms with van der Waals surface area (Å²) < 4.78 is 5.25. The van der Waals surface area contributed by atoms with Crippen LogP contribution in [0.25, 0.3) is 0 Å². The molecule has 3 nitrogen and oxygen atoms in total. The van der Waals surface area contributed by atoms with Crippen LogP contribution in [0.2, 0.25) is 0 Å². The Bertz CT molecular complexity index is 166. The lowest BCUT2D eigenvalue weighted by atomic mass is 10.1. The molecule has 0 aliphatic carbocycles. The maximum Gasteiger partial charge on any atom is 0.0589 e. The first kappa shape index (κ1) is 17.9. The van der Waals surface area contributed by atoms with E-state index in [2.05, 4.69) is 37.9 Å². The van der Waals surface area contributed by atoms with Crippen LogP contribution in [-0.4, -0.2) is 50.3 Å². The van der Waals surface area contributed by atoms with Gasteiger partial charge in [-0.1, -0.05) is 34.1 Å². The van der Waals surface area contributed by atoms with Crippen molar-refractivity contribution in [3.8, 4) is 0 Å². The van der Waals surface area contributed by atoms with Crippen molar-refractivity contribution in [1.29, 1.82) is 0 Å². The third kappa shape index (κ3) is 7.34. The lowest BCUT2D eigenvalue weighted by Crippen LogP contribution is -2.46. The summed E-state index contributed by atoms with van der Waals surface area (Å²) in [6, 6.07) is 1.32. The van der Waals surface area contributed by atoms with E-state index in [9.17, 15) is 0 Å². The van der Waals surface area contributed by atoms with Gasteiger partial charge in [-0.3, -0.25) is 4.90 Å². The van der Waals surface area contributed by atoms with Crippen LogP contribution in [0.3, 0.4) is 0 Å². The Morgan fingerprint density at radius 2 is 1.78 bits per heavy atom. The van der Waals surface area contributed by atoms with Gasteiger partial charge in [-0.25, -0.2) is 0 Å². The van der Waals surface area contributed by atoms with Gasteiger partial charge >= 0.3 is 0 Å². The zero-order chi connectivity index (χ0) is 13.8. The summed E-state index contributed by atoms with van der Waals surface area (Å²) in [6.45, 7) is 13.1. The van der Waals surface area contributed by atoms with Gasteiger partial charge in [0.1, 0.15) is 0 Å². The molecular formula is C15H34N2O. The fraction of sp³-hybridized carbons (Fsp3) is 1.00. The molecule has 3 heteroatoms. The number of ether oxygens (including phenoxy) is 1. The molecule has 0 saturated carbocycles. The highest BCUT2D eigenvalue weighted by Crippen LogP contribution is 2.11. The summed E-state index contributed by atoms with van der Waals surface area (Å²) in [4.78, 5) is 2.60. The first-order valence-electron chi connectivity index (χ1n) is 7.69. The molecule has 0 aliphatic rings. The minimum Gasteiger partial charge on any atom is -0.383 e. The molecule has 0 fully saturated rings. The molecule has 0 aromatic heterocycles. The normalized spacial score (nSPS) is 13.5. The number of methoxy groups -OCH3 is 1. The quantitative estimate of drug-likeness (QED) is 0.582. The molecule has 0 radical (unpaired) electrons. The average molecular weight is 258 g/mol. The van der Waals surface area contributed by atoms with Crippen LogP contribution in [0.5, 0.6) is 0 Å². The molecule has 1 unspecified atom stereocenters. The van der Waals surface area contributed by atoms with Gasteiger partial charge in [0.2, 0.25) is 0 Å². The third-order valence-corrected chi connectivity index (χ3v) is 3.63. The maximum atomic E-state index is 5.25. The van der Waals surface area contributed by atoms with Gasteiger partial charge in [-0.15, -0.1) is 0 Å². The van der Waals surface area contributed by atoms with Crippen molar-refractivity contribution in [2.24, 2.45) is 0 Å². The molecule has 0 amide bonds. The zero-order valence-corrected chi connectivity index (χ0v) is 13.2. The molecule has 0 aromatic carbocycles. The molecule has 0 saturated heterocycles. The van der Waals surface area contributed by atoms with Gasteiger partial charge in [0, 0.05) is 32.3 Å². The van der Waals surface area contributed by atoms with Crippen LogP contribution < -0.4 is 5.32 Å². The van der Waals surface area contributed by atoms with E-state index in [0.29, 0.717) is 12.1 Å². The number of likely N-dealkylation sites (N-methyl/N-ethyl adjacent to an activating group) is 1. The van der Waals surface area contributed by atoms with Crippen LogP contribution in [0, 0.1) is 0 Å². The number of rotatable bonds is 12. The molecule has 0 rings (SSSR count). The van der Waals surface area contributed by atoms with Gasteiger partial charge < -0.3 is 10.1 Å². The van der Waals surface area contributed by atoms with E-state index in [0.717, 1.165) is 26.2 Å². The first-order chi connectivity index (χ1) is 8.73. The van der Waals surface area contributed by atoms with Crippen LogP contribution in [0.4, 0.5) is 0 Å². The van der Waals surface area contributed by atoms with Crippen LogP contribution >= 0.6 is 0 Å². The Kier molecular flexibility index (Phi) is 11.9. The lowest BCUT2D eigenvalue weighted by molar-refractivity contribution is 0.105. The third-order valence-electron chi connectivity index (χ3n) is 3.63. The second kappa shape index (κ2) is 11.9. The Balaban J connectivity index is 4.40. The molecule has 1 atom stereocenters. The van der Waals surface area contributed by atoms with E-state index in [-0.39, 0.29) is 0 Å². The predicted octanol–water partition coefficient (Wildman–Crippen LogP) is 2.90. The van der Waals surface area contributed by atoms with Crippen molar-refractivity contribution in [2.75, 3.05) is 33.4 Å². The molecular weight excluding hydrogens is 224 g/mol. The summed E-state index contributed by atoms with van der Waals surface area (Å²) in [7, 11) is 1.79. The van der Waals surface area contributed by atoms with E-state index >= 15 is 0 Å². The SMILES string of the molecule is CCCC(CN(CCOC)C(CC)CC)NCC.